The molecule has 1 rings (SSSR count). The highest BCUT2D eigenvalue weighted by Crippen LogP contribution is 2.36. The second-order valence-electron chi connectivity index (χ2n) is 6.30. The molecule has 0 spiro atoms. The molecule has 1 aromatic carbocycles. The minimum Gasteiger partial charge on any atom is -0.564 e. The van der Waals surface area contributed by atoms with E-state index in [1.165, 1.54) is 6.07 Å². The van der Waals surface area contributed by atoms with Crippen molar-refractivity contribution < 1.29 is 13.6 Å². The van der Waals surface area contributed by atoms with E-state index in [2.05, 4.69) is 33.9 Å². The Labute approximate surface area is 116 Å². The fraction of sp³-hybridized carbons (Fsp3) is 0.533. The molecule has 0 amide bonds. The summed E-state index contributed by atoms with van der Waals surface area (Å²) in [6, 6.07) is 4.90. The summed E-state index contributed by atoms with van der Waals surface area (Å²) < 4.78 is 19.9. The first-order chi connectivity index (χ1) is 8.69. The second kappa shape index (κ2) is 5.97. The van der Waals surface area contributed by atoms with Gasteiger partial charge in [0.2, 0.25) is 0 Å². The first-order valence-corrected chi connectivity index (χ1v) is 9.46. The first kappa shape index (κ1) is 16.1. The molecule has 0 N–H and O–H groups in total. The quantitative estimate of drug-likeness (QED) is 0.597. The molecule has 2 nitrogen and oxygen atoms in total. The zero-order chi connectivity index (χ0) is 14.7. The van der Waals surface area contributed by atoms with Crippen LogP contribution in [-0.4, -0.2) is 21.2 Å². The van der Waals surface area contributed by atoms with Crippen molar-refractivity contribution in [3.63, 3.8) is 0 Å². The maximum atomic E-state index is 13.9. The fourth-order valence-electron chi connectivity index (χ4n) is 1.52. The van der Waals surface area contributed by atoms with Crippen molar-refractivity contribution in [1.82, 2.24) is 0 Å². The van der Waals surface area contributed by atoms with Crippen LogP contribution in [-0.2, 0) is 10.8 Å². The number of aldehydes is 1. The summed E-state index contributed by atoms with van der Waals surface area (Å²) in [7, 11) is -1.79. The standard InChI is InChI=1S/C15H23FO2Si/c1-15(2,3)19(4,5)18-10-9-12-7-6-8-13(11-17)14(12)16/h6-8,11H,9-10H2,1-5H3/q-1. The van der Waals surface area contributed by atoms with E-state index in [1.807, 2.05) is 0 Å². The van der Waals surface area contributed by atoms with Gasteiger partial charge in [0.25, 0.3) is 0 Å². The van der Waals surface area contributed by atoms with Crippen LogP contribution in [0.4, 0.5) is 4.39 Å². The van der Waals surface area contributed by atoms with Gasteiger partial charge in [0.05, 0.1) is 5.56 Å². The van der Waals surface area contributed by atoms with Crippen LogP contribution in [0.15, 0.2) is 18.2 Å². The minimum absolute atomic E-state index is 0.116. The van der Waals surface area contributed by atoms with Gasteiger partial charge in [0.1, 0.15) is 5.82 Å². The maximum absolute atomic E-state index is 13.9. The van der Waals surface area contributed by atoms with Crippen LogP contribution in [0.3, 0.4) is 0 Å². The molecule has 0 saturated heterocycles. The van der Waals surface area contributed by atoms with Crippen molar-refractivity contribution in [2.24, 2.45) is 0 Å². The summed E-state index contributed by atoms with van der Waals surface area (Å²) in [4.78, 5) is 10.7. The molecule has 0 bridgehead atoms. The van der Waals surface area contributed by atoms with E-state index in [0.29, 0.717) is 24.9 Å². The molecule has 0 saturated carbocycles. The Morgan fingerprint density at radius 2 is 1.95 bits per heavy atom. The zero-order valence-corrected chi connectivity index (χ0v) is 13.4. The summed E-state index contributed by atoms with van der Waals surface area (Å²) in [5, 5.41) is 0.149. The lowest BCUT2D eigenvalue weighted by molar-refractivity contribution is 0.111. The van der Waals surface area contributed by atoms with Gasteiger partial charge < -0.3 is 4.43 Å². The average molecular weight is 282 g/mol. The smallest absolute Gasteiger partial charge is 0.153 e. The Balaban J connectivity index is 2.67. The van der Waals surface area contributed by atoms with Crippen LogP contribution in [0.25, 0.3) is 0 Å². The molecule has 0 unspecified atom stereocenters. The molecule has 0 fully saturated rings. The Hall–Kier alpha value is -1.00. The molecule has 1 aromatic rings. The number of hydrogen-bond acceptors (Lipinski definition) is 2. The SMILES string of the molecule is CC(C)(C)[Si-](C)(C)OCCc1cccc(C=O)c1F. The van der Waals surface area contributed by atoms with Crippen molar-refractivity contribution in [1.29, 1.82) is 0 Å². The average Bonchev–Trinajstić information content (AvgIpc) is 2.29. The predicted octanol–water partition coefficient (Wildman–Crippen LogP) is 4.20. The van der Waals surface area contributed by atoms with E-state index in [9.17, 15) is 9.18 Å². The molecule has 19 heavy (non-hydrogen) atoms. The molecule has 0 aliphatic rings. The highest BCUT2D eigenvalue weighted by molar-refractivity contribution is 6.74. The van der Waals surface area contributed by atoms with Gasteiger partial charge in [-0.25, -0.2) is 4.39 Å². The Morgan fingerprint density at radius 3 is 2.47 bits per heavy atom. The topological polar surface area (TPSA) is 26.3 Å². The maximum Gasteiger partial charge on any atom is 0.153 e. The van der Waals surface area contributed by atoms with Gasteiger partial charge in [-0.15, -0.1) is 18.1 Å². The lowest BCUT2D eigenvalue weighted by atomic mass is 10.1. The van der Waals surface area contributed by atoms with E-state index in [1.54, 1.807) is 12.1 Å². The minimum atomic E-state index is -1.79. The molecule has 0 aliphatic heterocycles. The van der Waals surface area contributed by atoms with E-state index in [4.69, 9.17) is 4.43 Å². The third kappa shape index (κ3) is 3.98. The molecule has 0 aliphatic carbocycles. The van der Waals surface area contributed by atoms with Crippen LogP contribution >= 0.6 is 0 Å². The lowest BCUT2D eigenvalue weighted by Gasteiger charge is -2.48. The fourth-order valence-corrected chi connectivity index (χ4v) is 2.56. The van der Waals surface area contributed by atoms with Gasteiger partial charge in [0, 0.05) is 6.61 Å². The molecular formula is C15H23FO2Si-. The van der Waals surface area contributed by atoms with Gasteiger partial charge in [-0.05, 0) is 26.4 Å². The van der Waals surface area contributed by atoms with Gasteiger partial charge in [-0.1, -0.05) is 32.9 Å². The van der Waals surface area contributed by atoms with Crippen molar-refractivity contribution in [2.75, 3.05) is 6.61 Å². The molecule has 0 aromatic heterocycles. The largest absolute Gasteiger partial charge is 0.564 e. The molecular weight excluding hydrogens is 259 g/mol. The second-order valence-corrected chi connectivity index (χ2v) is 11.1. The van der Waals surface area contributed by atoms with Crippen LogP contribution in [0.2, 0.25) is 18.1 Å². The Bertz CT molecular complexity index is 450. The van der Waals surface area contributed by atoms with Crippen LogP contribution < -0.4 is 0 Å². The number of rotatable bonds is 5. The van der Waals surface area contributed by atoms with E-state index < -0.39 is 14.1 Å². The third-order valence-electron chi connectivity index (χ3n) is 3.88. The van der Waals surface area contributed by atoms with E-state index in [-0.39, 0.29) is 10.6 Å². The number of hydrogen-bond donors (Lipinski definition) is 0. The number of halogens is 1. The van der Waals surface area contributed by atoms with Crippen molar-refractivity contribution in [2.45, 2.75) is 45.3 Å². The molecule has 0 heterocycles. The summed E-state index contributed by atoms with van der Waals surface area (Å²) in [5.74, 6) is -0.420. The number of carbonyl (C=O) groups is 1. The van der Waals surface area contributed by atoms with Gasteiger partial charge in [0.15, 0.2) is 6.29 Å². The summed E-state index contributed by atoms with van der Waals surface area (Å²) in [6.45, 7) is 11.4. The van der Waals surface area contributed by atoms with Crippen LogP contribution in [0, 0.1) is 5.82 Å². The summed E-state index contributed by atoms with van der Waals surface area (Å²) in [5.41, 5.74) is 0.660. The highest BCUT2D eigenvalue weighted by Gasteiger charge is 2.24. The number of benzene rings is 1. The highest BCUT2D eigenvalue weighted by atomic mass is 28.4. The lowest BCUT2D eigenvalue weighted by Crippen LogP contribution is -2.41. The molecule has 0 atom stereocenters. The molecule has 4 heteroatoms. The first-order valence-electron chi connectivity index (χ1n) is 6.55. The summed E-state index contributed by atoms with van der Waals surface area (Å²) in [6.07, 6.45) is 1.05. The summed E-state index contributed by atoms with van der Waals surface area (Å²) >= 11 is 0. The number of carbonyl (C=O) groups excluding carboxylic acids is 1. The Kier molecular flexibility index (Phi) is 5.04. The zero-order valence-electron chi connectivity index (χ0n) is 12.4. The van der Waals surface area contributed by atoms with Crippen molar-refractivity contribution in [3.05, 3.63) is 35.1 Å². The van der Waals surface area contributed by atoms with Gasteiger partial charge in [-0.2, -0.15) is 0 Å². The predicted molar refractivity (Wildman–Crippen MR) is 78.6 cm³/mol. The molecule has 0 radical (unpaired) electrons. The van der Waals surface area contributed by atoms with Crippen molar-refractivity contribution >= 4 is 14.6 Å². The molecule has 107 valence electrons. The van der Waals surface area contributed by atoms with Crippen molar-refractivity contribution in [3.8, 4) is 0 Å². The van der Waals surface area contributed by atoms with Gasteiger partial charge >= 0.3 is 0 Å². The normalized spacial score (nSPS) is 12.5. The van der Waals surface area contributed by atoms with Crippen LogP contribution in [0.5, 0.6) is 0 Å². The monoisotopic (exact) mass is 282 g/mol. The van der Waals surface area contributed by atoms with E-state index in [0.717, 1.165) is 0 Å². The third-order valence-corrected chi connectivity index (χ3v) is 8.41. The van der Waals surface area contributed by atoms with E-state index >= 15 is 0 Å². The Morgan fingerprint density at radius 1 is 1.32 bits per heavy atom. The van der Waals surface area contributed by atoms with Crippen LogP contribution in [0.1, 0.15) is 36.7 Å². The van der Waals surface area contributed by atoms with Gasteiger partial charge in [-0.3, -0.25) is 4.79 Å².